The lowest BCUT2D eigenvalue weighted by atomic mass is 9.97. The summed E-state index contributed by atoms with van der Waals surface area (Å²) >= 11 is 1.79. The SMILES string of the molecule is NC(Cc1nc2ccccc2s1)CC1CCCC1. The number of nitrogens with two attached hydrogens (primary N) is 1. The normalized spacial score (nSPS) is 18.5. The fourth-order valence-corrected chi connectivity index (χ4v) is 4.05. The third-order valence-corrected chi connectivity index (χ3v) is 4.94. The molecule has 3 rings (SSSR count). The summed E-state index contributed by atoms with van der Waals surface area (Å²) in [5.74, 6) is 0.870. The summed E-state index contributed by atoms with van der Waals surface area (Å²) in [7, 11) is 0. The van der Waals surface area contributed by atoms with Crippen LogP contribution in [0.5, 0.6) is 0 Å². The number of thiazole rings is 1. The monoisotopic (exact) mass is 260 g/mol. The first-order valence-electron chi connectivity index (χ1n) is 6.91. The fraction of sp³-hybridized carbons (Fsp3) is 0.533. The number of hydrogen-bond acceptors (Lipinski definition) is 3. The molecule has 2 N–H and O–H groups in total. The Hall–Kier alpha value is -0.930. The maximum absolute atomic E-state index is 6.27. The van der Waals surface area contributed by atoms with Gasteiger partial charge in [-0.25, -0.2) is 4.98 Å². The Morgan fingerprint density at radius 3 is 2.83 bits per heavy atom. The zero-order chi connectivity index (χ0) is 12.4. The summed E-state index contributed by atoms with van der Waals surface area (Å²) < 4.78 is 1.28. The third kappa shape index (κ3) is 2.73. The number of hydrogen-bond donors (Lipinski definition) is 1. The van der Waals surface area contributed by atoms with Crippen LogP contribution in [-0.2, 0) is 6.42 Å². The molecule has 0 bridgehead atoms. The van der Waals surface area contributed by atoms with Crippen LogP contribution in [0.15, 0.2) is 24.3 Å². The van der Waals surface area contributed by atoms with Gasteiger partial charge in [-0.2, -0.15) is 0 Å². The average molecular weight is 260 g/mol. The summed E-state index contributed by atoms with van der Waals surface area (Å²) in [6, 6.07) is 8.62. The van der Waals surface area contributed by atoms with Gasteiger partial charge in [0.2, 0.25) is 0 Å². The van der Waals surface area contributed by atoms with Crippen LogP contribution in [0.1, 0.15) is 37.1 Å². The first-order valence-corrected chi connectivity index (χ1v) is 7.73. The van der Waals surface area contributed by atoms with Crippen LogP contribution in [0.3, 0.4) is 0 Å². The van der Waals surface area contributed by atoms with Crippen LogP contribution in [0, 0.1) is 5.92 Å². The van der Waals surface area contributed by atoms with Gasteiger partial charge in [0, 0.05) is 12.5 Å². The summed E-state index contributed by atoms with van der Waals surface area (Å²) in [4.78, 5) is 4.67. The second-order valence-electron chi connectivity index (χ2n) is 5.43. The van der Waals surface area contributed by atoms with E-state index >= 15 is 0 Å². The average Bonchev–Trinajstić information content (AvgIpc) is 2.96. The van der Waals surface area contributed by atoms with Gasteiger partial charge in [0.05, 0.1) is 15.2 Å². The molecule has 1 atom stereocenters. The lowest BCUT2D eigenvalue weighted by Crippen LogP contribution is -2.25. The second kappa shape index (κ2) is 5.37. The Bertz CT molecular complexity index is 481. The number of para-hydroxylation sites is 1. The molecule has 96 valence electrons. The lowest BCUT2D eigenvalue weighted by Gasteiger charge is -2.14. The van der Waals surface area contributed by atoms with Crippen LogP contribution in [-0.4, -0.2) is 11.0 Å². The van der Waals surface area contributed by atoms with Crippen molar-refractivity contribution in [3.63, 3.8) is 0 Å². The maximum Gasteiger partial charge on any atom is 0.0954 e. The molecule has 0 amide bonds. The molecule has 0 saturated heterocycles. The minimum absolute atomic E-state index is 0.286. The van der Waals surface area contributed by atoms with E-state index in [1.165, 1.54) is 41.8 Å². The largest absolute Gasteiger partial charge is 0.327 e. The van der Waals surface area contributed by atoms with Gasteiger partial charge in [-0.05, 0) is 24.5 Å². The lowest BCUT2D eigenvalue weighted by molar-refractivity contribution is 0.440. The molecule has 1 fully saturated rings. The highest BCUT2D eigenvalue weighted by atomic mass is 32.1. The molecular weight excluding hydrogens is 240 g/mol. The molecule has 2 nitrogen and oxygen atoms in total. The number of aromatic nitrogens is 1. The molecule has 1 aliphatic rings. The van der Waals surface area contributed by atoms with Crippen molar-refractivity contribution in [2.75, 3.05) is 0 Å². The Labute approximate surface area is 112 Å². The summed E-state index contributed by atoms with van der Waals surface area (Å²) in [6.07, 6.45) is 7.68. The topological polar surface area (TPSA) is 38.9 Å². The van der Waals surface area contributed by atoms with Crippen LogP contribution < -0.4 is 5.73 Å². The van der Waals surface area contributed by atoms with Gasteiger partial charge < -0.3 is 5.73 Å². The zero-order valence-electron chi connectivity index (χ0n) is 10.6. The number of nitrogens with zero attached hydrogens (tertiary/aromatic N) is 1. The van der Waals surface area contributed by atoms with Crippen molar-refractivity contribution in [2.24, 2.45) is 11.7 Å². The minimum Gasteiger partial charge on any atom is -0.327 e. The van der Waals surface area contributed by atoms with E-state index in [9.17, 15) is 0 Å². The number of fused-ring (bicyclic) bond motifs is 1. The summed E-state index contributed by atoms with van der Waals surface area (Å²) in [6.45, 7) is 0. The van der Waals surface area contributed by atoms with Gasteiger partial charge in [0.15, 0.2) is 0 Å². The predicted octanol–water partition coefficient (Wildman–Crippen LogP) is 3.75. The van der Waals surface area contributed by atoms with Gasteiger partial charge in [-0.1, -0.05) is 37.8 Å². The van der Waals surface area contributed by atoms with Crippen molar-refractivity contribution >= 4 is 21.6 Å². The van der Waals surface area contributed by atoms with Crippen molar-refractivity contribution in [3.8, 4) is 0 Å². The first-order chi connectivity index (χ1) is 8.81. The molecule has 18 heavy (non-hydrogen) atoms. The van der Waals surface area contributed by atoms with Gasteiger partial charge in [-0.15, -0.1) is 11.3 Å². The van der Waals surface area contributed by atoms with E-state index in [-0.39, 0.29) is 6.04 Å². The molecule has 1 aromatic heterocycles. The Morgan fingerprint density at radius 1 is 1.28 bits per heavy atom. The molecular formula is C15H20N2S. The van der Waals surface area contributed by atoms with Gasteiger partial charge in [0.25, 0.3) is 0 Å². The molecule has 1 aliphatic carbocycles. The van der Waals surface area contributed by atoms with Crippen molar-refractivity contribution in [2.45, 2.75) is 44.6 Å². The highest BCUT2D eigenvalue weighted by Gasteiger charge is 2.19. The predicted molar refractivity (Wildman–Crippen MR) is 77.9 cm³/mol. The zero-order valence-corrected chi connectivity index (χ0v) is 11.5. The van der Waals surface area contributed by atoms with Gasteiger partial charge in [0.1, 0.15) is 0 Å². The molecule has 0 aliphatic heterocycles. The smallest absolute Gasteiger partial charge is 0.0954 e. The molecule has 1 heterocycles. The molecule has 1 unspecified atom stereocenters. The molecule has 2 aromatic rings. The van der Waals surface area contributed by atoms with E-state index in [1.807, 2.05) is 6.07 Å². The third-order valence-electron chi connectivity index (χ3n) is 3.89. The molecule has 1 aromatic carbocycles. The van der Waals surface area contributed by atoms with Crippen molar-refractivity contribution in [3.05, 3.63) is 29.3 Å². The van der Waals surface area contributed by atoms with E-state index in [0.29, 0.717) is 0 Å². The summed E-state index contributed by atoms with van der Waals surface area (Å²) in [5.41, 5.74) is 7.39. The Balaban J connectivity index is 1.64. The first kappa shape index (κ1) is 12.1. The Kier molecular flexibility index (Phi) is 3.62. The molecule has 0 spiro atoms. The molecule has 3 heteroatoms. The Morgan fingerprint density at radius 2 is 2.06 bits per heavy atom. The highest BCUT2D eigenvalue weighted by molar-refractivity contribution is 7.18. The van der Waals surface area contributed by atoms with Crippen LogP contribution >= 0.6 is 11.3 Å². The van der Waals surface area contributed by atoms with E-state index in [2.05, 4.69) is 23.2 Å². The number of rotatable bonds is 4. The van der Waals surface area contributed by atoms with Crippen LogP contribution in [0.2, 0.25) is 0 Å². The van der Waals surface area contributed by atoms with E-state index in [4.69, 9.17) is 5.73 Å². The van der Waals surface area contributed by atoms with Gasteiger partial charge in [-0.3, -0.25) is 0 Å². The van der Waals surface area contributed by atoms with Crippen molar-refractivity contribution in [1.82, 2.24) is 4.98 Å². The van der Waals surface area contributed by atoms with Crippen molar-refractivity contribution < 1.29 is 0 Å². The summed E-state index contributed by atoms with van der Waals surface area (Å²) in [5, 5.41) is 1.20. The van der Waals surface area contributed by atoms with E-state index in [0.717, 1.165) is 17.9 Å². The van der Waals surface area contributed by atoms with Crippen LogP contribution in [0.4, 0.5) is 0 Å². The van der Waals surface area contributed by atoms with E-state index < -0.39 is 0 Å². The molecule has 1 saturated carbocycles. The standard InChI is InChI=1S/C15H20N2S/c16-12(9-11-5-1-2-6-11)10-15-17-13-7-3-4-8-14(13)18-15/h3-4,7-8,11-12H,1-2,5-6,9-10,16H2. The second-order valence-corrected chi connectivity index (χ2v) is 6.54. The van der Waals surface area contributed by atoms with Gasteiger partial charge >= 0.3 is 0 Å². The highest BCUT2D eigenvalue weighted by Crippen LogP contribution is 2.29. The van der Waals surface area contributed by atoms with Crippen molar-refractivity contribution in [1.29, 1.82) is 0 Å². The molecule has 0 radical (unpaired) electrons. The quantitative estimate of drug-likeness (QED) is 0.909. The number of benzene rings is 1. The van der Waals surface area contributed by atoms with E-state index in [1.54, 1.807) is 11.3 Å². The fourth-order valence-electron chi connectivity index (χ4n) is 2.99. The van der Waals surface area contributed by atoms with Crippen LogP contribution in [0.25, 0.3) is 10.2 Å². The minimum atomic E-state index is 0.286. The maximum atomic E-state index is 6.27.